The Morgan fingerprint density at radius 2 is 1.89 bits per heavy atom. The van der Waals surface area contributed by atoms with Gasteiger partial charge in [0.25, 0.3) is 0 Å². The number of rotatable bonds is 5. The zero-order valence-electron chi connectivity index (χ0n) is 12.7. The molecule has 1 fully saturated rings. The molecule has 106 valence electrons. The fourth-order valence-corrected chi connectivity index (χ4v) is 3.10. The molecule has 2 heteroatoms. The number of aryl methyl sites for hydroxylation is 1. The Morgan fingerprint density at radius 3 is 2.53 bits per heavy atom. The first-order chi connectivity index (χ1) is 9.24. The highest BCUT2D eigenvalue weighted by Gasteiger charge is 2.23. The first-order valence-electron chi connectivity index (χ1n) is 7.81. The predicted octanol–water partition coefficient (Wildman–Crippen LogP) is 3.78. The second-order valence-electron chi connectivity index (χ2n) is 5.72. The van der Waals surface area contributed by atoms with Gasteiger partial charge in [-0.2, -0.15) is 0 Å². The van der Waals surface area contributed by atoms with Crippen LogP contribution >= 0.6 is 0 Å². The van der Waals surface area contributed by atoms with Gasteiger partial charge >= 0.3 is 0 Å². The molecule has 2 rings (SSSR count). The molecule has 0 saturated carbocycles. The van der Waals surface area contributed by atoms with Crippen LogP contribution in [0, 0.1) is 5.92 Å². The van der Waals surface area contributed by atoms with Crippen molar-refractivity contribution in [2.24, 2.45) is 5.92 Å². The van der Waals surface area contributed by atoms with Crippen molar-refractivity contribution < 1.29 is 0 Å². The number of anilines is 1. The summed E-state index contributed by atoms with van der Waals surface area (Å²) < 4.78 is 0. The Labute approximate surface area is 118 Å². The molecule has 0 radical (unpaired) electrons. The maximum Gasteiger partial charge on any atom is 0.0374 e. The van der Waals surface area contributed by atoms with Crippen molar-refractivity contribution in [2.45, 2.75) is 46.1 Å². The molecule has 1 atom stereocenters. The standard InChI is InChI=1S/C17H28N2/c1-4-15-8-6-7-9-17(15)18-14(3)16-10-12-19(5-2)13-11-16/h6-9,14,16,18H,4-5,10-13H2,1-3H3. The third-order valence-electron chi connectivity index (χ3n) is 4.57. The number of para-hydroxylation sites is 1. The molecule has 1 unspecified atom stereocenters. The van der Waals surface area contributed by atoms with Gasteiger partial charge in [-0.05, 0) is 63.4 Å². The van der Waals surface area contributed by atoms with Gasteiger partial charge in [-0.1, -0.05) is 32.0 Å². The van der Waals surface area contributed by atoms with Crippen LogP contribution in [0.3, 0.4) is 0 Å². The van der Waals surface area contributed by atoms with E-state index in [0.717, 1.165) is 12.3 Å². The molecule has 1 aliphatic heterocycles. The second kappa shape index (κ2) is 6.95. The van der Waals surface area contributed by atoms with Crippen molar-refractivity contribution in [3.63, 3.8) is 0 Å². The highest BCUT2D eigenvalue weighted by Crippen LogP contribution is 2.24. The number of hydrogen-bond donors (Lipinski definition) is 1. The summed E-state index contributed by atoms with van der Waals surface area (Å²) in [5.41, 5.74) is 2.76. The Bertz CT molecular complexity index is 381. The maximum absolute atomic E-state index is 3.75. The predicted molar refractivity (Wildman–Crippen MR) is 83.7 cm³/mol. The molecule has 19 heavy (non-hydrogen) atoms. The fraction of sp³-hybridized carbons (Fsp3) is 0.647. The summed E-state index contributed by atoms with van der Waals surface area (Å²) in [5.74, 6) is 0.813. The molecule has 1 aliphatic rings. The lowest BCUT2D eigenvalue weighted by atomic mass is 9.90. The van der Waals surface area contributed by atoms with Crippen LogP contribution < -0.4 is 5.32 Å². The van der Waals surface area contributed by atoms with E-state index in [2.05, 4.69) is 55.3 Å². The molecular formula is C17H28N2. The highest BCUT2D eigenvalue weighted by atomic mass is 15.1. The highest BCUT2D eigenvalue weighted by molar-refractivity contribution is 5.51. The summed E-state index contributed by atoms with van der Waals surface area (Å²) in [6.07, 6.45) is 3.76. The van der Waals surface area contributed by atoms with Gasteiger partial charge in [0.2, 0.25) is 0 Å². The third kappa shape index (κ3) is 3.73. The summed E-state index contributed by atoms with van der Waals surface area (Å²) in [5, 5.41) is 3.75. The topological polar surface area (TPSA) is 15.3 Å². The van der Waals surface area contributed by atoms with Gasteiger partial charge < -0.3 is 10.2 Å². The average molecular weight is 260 g/mol. The van der Waals surface area contributed by atoms with Crippen molar-refractivity contribution in [2.75, 3.05) is 25.0 Å². The second-order valence-corrected chi connectivity index (χ2v) is 5.72. The summed E-state index contributed by atoms with van der Waals surface area (Å²) >= 11 is 0. The van der Waals surface area contributed by atoms with Crippen molar-refractivity contribution in [3.05, 3.63) is 29.8 Å². The van der Waals surface area contributed by atoms with Crippen LogP contribution in [0.5, 0.6) is 0 Å². The molecule has 0 amide bonds. The Morgan fingerprint density at radius 1 is 1.21 bits per heavy atom. The van der Waals surface area contributed by atoms with Gasteiger partial charge in [-0.15, -0.1) is 0 Å². The first kappa shape index (κ1) is 14.4. The monoisotopic (exact) mass is 260 g/mol. The number of likely N-dealkylation sites (tertiary alicyclic amines) is 1. The molecule has 1 N–H and O–H groups in total. The van der Waals surface area contributed by atoms with Gasteiger partial charge in [0.15, 0.2) is 0 Å². The quantitative estimate of drug-likeness (QED) is 0.866. The molecule has 1 aromatic carbocycles. The van der Waals surface area contributed by atoms with E-state index in [1.54, 1.807) is 0 Å². The van der Waals surface area contributed by atoms with Crippen LogP contribution in [0.25, 0.3) is 0 Å². The molecule has 1 heterocycles. The SMILES string of the molecule is CCc1ccccc1NC(C)C1CCN(CC)CC1. The molecule has 0 aromatic heterocycles. The van der Waals surface area contributed by atoms with Crippen molar-refractivity contribution in [1.29, 1.82) is 0 Å². The molecule has 0 bridgehead atoms. The van der Waals surface area contributed by atoms with Crippen LogP contribution in [0.4, 0.5) is 5.69 Å². The third-order valence-corrected chi connectivity index (χ3v) is 4.57. The Balaban J connectivity index is 1.92. The van der Waals surface area contributed by atoms with Crippen LogP contribution in [-0.4, -0.2) is 30.6 Å². The zero-order chi connectivity index (χ0) is 13.7. The minimum Gasteiger partial charge on any atom is -0.382 e. The number of piperidine rings is 1. The minimum atomic E-state index is 0.576. The van der Waals surface area contributed by atoms with E-state index in [4.69, 9.17) is 0 Å². The van der Waals surface area contributed by atoms with Crippen molar-refractivity contribution in [3.8, 4) is 0 Å². The van der Waals surface area contributed by atoms with Gasteiger partial charge in [-0.3, -0.25) is 0 Å². The normalized spacial score (nSPS) is 19.3. The lowest BCUT2D eigenvalue weighted by Crippen LogP contribution is -2.39. The molecule has 0 aliphatic carbocycles. The van der Waals surface area contributed by atoms with E-state index in [1.807, 2.05) is 0 Å². The number of nitrogens with zero attached hydrogens (tertiary/aromatic N) is 1. The summed E-state index contributed by atoms with van der Waals surface area (Å²) in [4.78, 5) is 2.56. The van der Waals surface area contributed by atoms with Crippen LogP contribution in [0.2, 0.25) is 0 Å². The lowest BCUT2D eigenvalue weighted by Gasteiger charge is -2.35. The summed E-state index contributed by atoms with van der Waals surface area (Å²) in [6.45, 7) is 10.6. The number of benzene rings is 1. The largest absolute Gasteiger partial charge is 0.382 e. The molecule has 1 aromatic rings. The van der Waals surface area contributed by atoms with E-state index >= 15 is 0 Å². The van der Waals surface area contributed by atoms with Crippen LogP contribution in [0.1, 0.15) is 39.2 Å². The summed E-state index contributed by atoms with van der Waals surface area (Å²) in [6, 6.07) is 9.29. The fourth-order valence-electron chi connectivity index (χ4n) is 3.10. The van der Waals surface area contributed by atoms with E-state index < -0.39 is 0 Å². The molecule has 0 spiro atoms. The lowest BCUT2D eigenvalue weighted by molar-refractivity contribution is 0.183. The van der Waals surface area contributed by atoms with E-state index in [9.17, 15) is 0 Å². The smallest absolute Gasteiger partial charge is 0.0374 e. The van der Waals surface area contributed by atoms with Crippen LogP contribution in [-0.2, 0) is 6.42 Å². The molecule has 2 nitrogen and oxygen atoms in total. The van der Waals surface area contributed by atoms with Gasteiger partial charge in [0, 0.05) is 11.7 Å². The Kier molecular flexibility index (Phi) is 5.26. The minimum absolute atomic E-state index is 0.576. The van der Waals surface area contributed by atoms with Crippen molar-refractivity contribution in [1.82, 2.24) is 4.90 Å². The van der Waals surface area contributed by atoms with E-state index in [0.29, 0.717) is 6.04 Å². The Hall–Kier alpha value is -1.02. The zero-order valence-corrected chi connectivity index (χ0v) is 12.7. The average Bonchev–Trinajstić information content (AvgIpc) is 2.48. The number of nitrogens with one attached hydrogen (secondary N) is 1. The molecular weight excluding hydrogens is 232 g/mol. The molecule has 1 saturated heterocycles. The van der Waals surface area contributed by atoms with Crippen LogP contribution in [0.15, 0.2) is 24.3 Å². The van der Waals surface area contributed by atoms with E-state index in [-0.39, 0.29) is 0 Å². The number of hydrogen-bond acceptors (Lipinski definition) is 2. The van der Waals surface area contributed by atoms with Crippen molar-refractivity contribution >= 4 is 5.69 Å². The summed E-state index contributed by atoms with van der Waals surface area (Å²) in [7, 11) is 0. The van der Waals surface area contributed by atoms with E-state index in [1.165, 1.54) is 43.7 Å². The first-order valence-corrected chi connectivity index (χ1v) is 7.81. The van der Waals surface area contributed by atoms with Gasteiger partial charge in [0.05, 0.1) is 0 Å². The van der Waals surface area contributed by atoms with Gasteiger partial charge in [-0.25, -0.2) is 0 Å². The maximum atomic E-state index is 3.75. The van der Waals surface area contributed by atoms with Gasteiger partial charge in [0.1, 0.15) is 0 Å².